The van der Waals surface area contributed by atoms with E-state index in [0.717, 1.165) is 11.8 Å². The minimum atomic E-state index is -3.31. The van der Waals surface area contributed by atoms with Crippen molar-refractivity contribution in [2.24, 2.45) is 0 Å². The molecule has 6 heteroatoms. The minimum absolute atomic E-state index is 0.109. The van der Waals surface area contributed by atoms with E-state index in [-0.39, 0.29) is 5.91 Å². The lowest BCUT2D eigenvalue weighted by atomic mass is 10.1. The van der Waals surface area contributed by atoms with Gasteiger partial charge in [-0.15, -0.1) is 0 Å². The highest BCUT2D eigenvalue weighted by Gasteiger charge is 2.15. The fourth-order valence-corrected chi connectivity index (χ4v) is 2.64. The maximum atomic E-state index is 12.5. The predicted molar refractivity (Wildman–Crippen MR) is 88.8 cm³/mol. The van der Waals surface area contributed by atoms with Gasteiger partial charge in [-0.1, -0.05) is 18.2 Å². The number of aryl methyl sites for hydroxylation is 1. The van der Waals surface area contributed by atoms with Crippen LogP contribution in [-0.2, 0) is 10.0 Å². The molecule has 0 aliphatic carbocycles. The molecule has 2 aromatic carbocycles. The van der Waals surface area contributed by atoms with Crippen molar-refractivity contribution in [1.82, 2.24) is 0 Å². The van der Waals surface area contributed by atoms with E-state index in [1.807, 2.05) is 25.1 Å². The van der Waals surface area contributed by atoms with E-state index < -0.39 is 10.0 Å². The molecule has 2 aromatic rings. The average molecular weight is 318 g/mol. The summed E-state index contributed by atoms with van der Waals surface area (Å²) >= 11 is 0. The first-order chi connectivity index (χ1) is 10.3. The Bertz CT molecular complexity index is 783. The van der Waals surface area contributed by atoms with E-state index >= 15 is 0 Å². The van der Waals surface area contributed by atoms with Crippen molar-refractivity contribution >= 4 is 27.3 Å². The van der Waals surface area contributed by atoms with Crippen LogP contribution in [-0.4, -0.2) is 27.6 Å². The summed E-state index contributed by atoms with van der Waals surface area (Å²) in [6, 6.07) is 14.0. The largest absolute Gasteiger partial charge is 0.311 e. The minimum Gasteiger partial charge on any atom is -0.311 e. The molecule has 0 bridgehead atoms. The summed E-state index contributed by atoms with van der Waals surface area (Å²) in [6.07, 6.45) is 1.09. The first kappa shape index (κ1) is 16.0. The zero-order valence-electron chi connectivity index (χ0n) is 12.7. The Hall–Kier alpha value is -2.34. The highest BCUT2D eigenvalue weighted by molar-refractivity contribution is 7.92. The molecule has 0 radical (unpaired) electrons. The SMILES string of the molecule is Cc1ccccc1C(=O)N(C)c1ccc(NS(C)(=O)=O)cc1. The molecular weight excluding hydrogens is 300 g/mol. The Balaban J connectivity index is 2.21. The summed E-state index contributed by atoms with van der Waals surface area (Å²) in [5.74, 6) is -0.109. The van der Waals surface area contributed by atoms with E-state index in [1.54, 1.807) is 37.4 Å². The Morgan fingerprint density at radius 2 is 1.64 bits per heavy atom. The molecule has 116 valence electrons. The molecule has 0 heterocycles. The van der Waals surface area contributed by atoms with Crippen molar-refractivity contribution in [2.75, 3.05) is 22.9 Å². The van der Waals surface area contributed by atoms with Crippen LogP contribution in [0.5, 0.6) is 0 Å². The molecule has 0 fully saturated rings. The van der Waals surface area contributed by atoms with Crippen LogP contribution in [0, 0.1) is 6.92 Å². The zero-order valence-corrected chi connectivity index (χ0v) is 13.5. The molecule has 0 saturated carbocycles. The summed E-state index contributed by atoms with van der Waals surface area (Å²) in [6.45, 7) is 1.89. The van der Waals surface area contributed by atoms with Crippen LogP contribution in [0.15, 0.2) is 48.5 Å². The third kappa shape index (κ3) is 3.85. The summed E-state index contributed by atoms with van der Waals surface area (Å²) in [5.41, 5.74) is 2.70. The van der Waals surface area contributed by atoms with E-state index in [0.29, 0.717) is 16.9 Å². The van der Waals surface area contributed by atoms with E-state index in [2.05, 4.69) is 4.72 Å². The van der Waals surface area contributed by atoms with Crippen molar-refractivity contribution in [3.05, 3.63) is 59.7 Å². The van der Waals surface area contributed by atoms with Crippen LogP contribution < -0.4 is 9.62 Å². The third-order valence-corrected chi connectivity index (χ3v) is 3.84. The van der Waals surface area contributed by atoms with E-state index in [1.165, 1.54) is 4.90 Å². The highest BCUT2D eigenvalue weighted by Crippen LogP contribution is 2.20. The maximum absolute atomic E-state index is 12.5. The molecular formula is C16H18N2O3S. The lowest BCUT2D eigenvalue weighted by molar-refractivity contribution is 0.0992. The first-order valence-electron chi connectivity index (χ1n) is 6.69. The number of rotatable bonds is 4. The molecule has 0 aliphatic heterocycles. The van der Waals surface area contributed by atoms with Crippen molar-refractivity contribution in [3.8, 4) is 0 Å². The zero-order chi connectivity index (χ0) is 16.3. The lowest BCUT2D eigenvalue weighted by Gasteiger charge is -2.19. The average Bonchev–Trinajstić information content (AvgIpc) is 2.45. The van der Waals surface area contributed by atoms with Crippen molar-refractivity contribution in [1.29, 1.82) is 0 Å². The van der Waals surface area contributed by atoms with Gasteiger partial charge in [0.05, 0.1) is 6.26 Å². The number of carbonyl (C=O) groups excluding carboxylic acids is 1. The molecule has 0 unspecified atom stereocenters. The maximum Gasteiger partial charge on any atom is 0.258 e. The molecule has 22 heavy (non-hydrogen) atoms. The van der Waals surface area contributed by atoms with Gasteiger partial charge in [0.2, 0.25) is 10.0 Å². The second kappa shape index (κ2) is 6.19. The molecule has 0 atom stereocenters. The second-order valence-electron chi connectivity index (χ2n) is 5.10. The van der Waals surface area contributed by atoms with Gasteiger partial charge < -0.3 is 4.90 Å². The monoisotopic (exact) mass is 318 g/mol. The topological polar surface area (TPSA) is 66.5 Å². The number of amides is 1. The molecule has 1 amide bonds. The number of nitrogens with one attached hydrogen (secondary N) is 1. The Labute approximate surface area is 130 Å². The van der Waals surface area contributed by atoms with Gasteiger partial charge >= 0.3 is 0 Å². The van der Waals surface area contributed by atoms with Crippen molar-refractivity contribution in [2.45, 2.75) is 6.92 Å². The summed E-state index contributed by atoms with van der Waals surface area (Å²) in [4.78, 5) is 14.0. The van der Waals surface area contributed by atoms with Crippen LogP contribution in [0.3, 0.4) is 0 Å². The fraction of sp³-hybridized carbons (Fsp3) is 0.188. The molecule has 0 aliphatic rings. The van der Waals surface area contributed by atoms with E-state index in [4.69, 9.17) is 0 Å². The number of sulfonamides is 1. The second-order valence-corrected chi connectivity index (χ2v) is 6.85. The summed E-state index contributed by atoms with van der Waals surface area (Å²) < 4.78 is 24.7. The highest BCUT2D eigenvalue weighted by atomic mass is 32.2. The third-order valence-electron chi connectivity index (χ3n) is 3.24. The van der Waals surface area contributed by atoms with Gasteiger partial charge in [0.1, 0.15) is 0 Å². The number of carbonyl (C=O) groups is 1. The number of anilines is 2. The number of nitrogens with zero attached hydrogens (tertiary/aromatic N) is 1. The molecule has 0 aromatic heterocycles. The molecule has 5 nitrogen and oxygen atoms in total. The Morgan fingerprint density at radius 1 is 1.05 bits per heavy atom. The first-order valence-corrected chi connectivity index (χ1v) is 8.58. The Morgan fingerprint density at radius 3 is 2.18 bits per heavy atom. The molecule has 1 N–H and O–H groups in total. The summed E-state index contributed by atoms with van der Waals surface area (Å²) in [7, 11) is -1.62. The van der Waals surface area contributed by atoms with Crippen LogP contribution in [0.2, 0.25) is 0 Å². The number of benzene rings is 2. The molecule has 0 spiro atoms. The van der Waals surface area contributed by atoms with Gasteiger partial charge in [-0.3, -0.25) is 9.52 Å². The smallest absolute Gasteiger partial charge is 0.258 e. The van der Waals surface area contributed by atoms with Crippen molar-refractivity contribution in [3.63, 3.8) is 0 Å². The normalized spacial score (nSPS) is 11.0. The quantitative estimate of drug-likeness (QED) is 0.942. The van der Waals surface area contributed by atoms with Gasteiger partial charge in [0.15, 0.2) is 0 Å². The molecule has 2 rings (SSSR count). The van der Waals surface area contributed by atoms with Gasteiger partial charge in [-0.2, -0.15) is 0 Å². The fourth-order valence-electron chi connectivity index (χ4n) is 2.08. The van der Waals surface area contributed by atoms with Gasteiger partial charge in [-0.05, 0) is 42.8 Å². The van der Waals surface area contributed by atoms with Gasteiger partial charge in [0.25, 0.3) is 5.91 Å². The Kier molecular flexibility index (Phi) is 4.51. The number of hydrogen-bond acceptors (Lipinski definition) is 3. The number of hydrogen-bond donors (Lipinski definition) is 1. The molecule has 0 saturated heterocycles. The van der Waals surface area contributed by atoms with Gasteiger partial charge in [-0.25, -0.2) is 8.42 Å². The van der Waals surface area contributed by atoms with Crippen molar-refractivity contribution < 1.29 is 13.2 Å². The summed E-state index contributed by atoms with van der Waals surface area (Å²) in [5, 5.41) is 0. The van der Waals surface area contributed by atoms with Crippen LogP contribution in [0.25, 0.3) is 0 Å². The standard InChI is InChI=1S/C16H18N2O3S/c1-12-6-4-5-7-15(12)16(19)18(2)14-10-8-13(9-11-14)17-22(3,20)21/h4-11,17H,1-3H3. The van der Waals surface area contributed by atoms with Gasteiger partial charge in [0, 0.05) is 24.0 Å². The van der Waals surface area contributed by atoms with Crippen LogP contribution >= 0.6 is 0 Å². The van der Waals surface area contributed by atoms with Crippen LogP contribution in [0.1, 0.15) is 15.9 Å². The predicted octanol–water partition coefficient (Wildman–Crippen LogP) is 2.64. The van der Waals surface area contributed by atoms with Crippen LogP contribution in [0.4, 0.5) is 11.4 Å². The van der Waals surface area contributed by atoms with E-state index in [9.17, 15) is 13.2 Å². The lowest BCUT2D eigenvalue weighted by Crippen LogP contribution is -2.26.